The van der Waals surface area contributed by atoms with E-state index in [2.05, 4.69) is 5.32 Å². The van der Waals surface area contributed by atoms with Gasteiger partial charge in [0.25, 0.3) is 5.91 Å². The van der Waals surface area contributed by atoms with Gasteiger partial charge < -0.3 is 25.3 Å². The molecule has 0 aromatic heterocycles. The Kier molecular flexibility index (Phi) is 7.76. The van der Waals surface area contributed by atoms with Crippen molar-refractivity contribution in [3.63, 3.8) is 0 Å². The van der Waals surface area contributed by atoms with Crippen LogP contribution in [0.25, 0.3) is 0 Å². The molecule has 0 unspecified atom stereocenters. The first-order chi connectivity index (χ1) is 14.2. The van der Waals surface area contributed by atoms with Crippen molar-refractivity contribution >= 4 is 5.91 Å². The lowest BCUT2D eigenvalue weighted by Gasteiger charge is -2.26. The fraction of sp³-hybridized carbons (Fsp3) is 0.435. The van der Waals surface area contributed by atoms with Gasteiger partial charge in [0.2, 0.25) is 0 Å². The van der Waals surface area contributed by atoms with Crippen LogP contribution in [0.3, 0.4) is 0 Å². The van der Waals surface area contributed by atoms with E-state index in [1.165, 1.54) is 0 Å². The molecule has 3 rings (SSSR count). The molecule has 156 valence electrons. The van der Waals surface area contributed by atoms with Crippen molar-refractivity contribution in [3.05, 3.63) is 54.1 Å². The van der Waals surface area contributed by atoms with Crippen LogP contribution in [0, 0.1) is 0 Å². The number of ether oxygens (including phenoxy) is 3. The summed E-state index contributed by atoms with van der Waals surface area (Å²) in [5.41, 5.74) is 6.51. The minimum absolute atomic E-state index is 0.0922. The van der Waals surface area contributed by atoms with Gasteiger partial charge in [-0.2, -0.15) is 0 Å². The summed E-state index contributed by atoms with van der Waals surface area (Å²) in [6, 6.07) is 15.3. The number of hydrogen-bond acceptors (Lipinski definition) is 5. The molecule has 1 aliphatic rings. The SMILES string of the molecule is CCOc1cc(C(=O)NC2CCC(N)CC2)ccc1OCCOc1ccccc1. The molecule has 0 aliphatic heterocycles. The molecule has 0 saturated heterocycles. The predicted octanol–water partition coefficient (Wildman–Crippen LogP) is 3.54. The van der Waals surface area contributed by atoms with E-state index >= 15 is 0 Å². The maximum atomic E-state index is 12.6. The average Bonchev–Trinajstić information content (AvgIpc) is 2.74. The van der Waals surface area contributed by atoms with Crippen LogP contribution in [0.4, 0.5) is 0 Å². The summed E-state index contributed by atoms with van der Waals surface area (Å²) in [7, 11) is 0. The van der Waals surface area contributed by atoms with Crippen LogP contribution in [0.2, 0.25) is 0 Å². The zero-order chi connectivity index (χ0) is 20.5. The van der Waals surface area contributed by atoms with Crippen LogP contribution in [0.1, 0.15) is 43.0 Å². The number of rotatable bonds is 9. The first-order valence-electron chi connectivity index (χ1n) is 10.3. The van der Waals surface area contributed by atoms with Gasteiger partial charge in [0, 0.05) is 17.6 Å². The van der Waals surface area contributed by atoms with Gasteiger partial charge in [-0.15, -0.1) is 0 Å². The first kappa shape index (κ1) is 21.0. The maximum Gasteiger partial charge on any atom is 0.251 e. The monoisotopic (exact) mass is 398 g/mol. The molecule has 2 aromatic rings. The Hall–Kier alpha value is -2.73. The second kappa shape index (κ2) is 10.7. The molecule has 0 heterocycles. The van der Waals surface area contributed by atoms with Crippen LogP contribution >= 0.6 is 0 Å². The van der Waals surface area contributed by atoms with Crippen molar-refractivity contribution in [1.82, 2.24) is 5.32 Å². The number of hydrogen-bond donors (Lipinski definition) is 2. The standard InChI is InChI=1S/C23H30N2O4/c1-2-27-22-16-17(23(26)25-19-11-9-18(24)10-12-19)8-13-21(22)29-15-14-28-20-6-4-3-5-7-20/h3-8,13,16,18-19H,2,9-12,14-15,24H2,1H3,(H,25,26). The van der Waals surface area contributed by atoms with E-state index in [0.29, 0.717) is 36.9 Å². The van der Waals surface area contributed by atoms with E-state index in [-0.39, 0.29) is 18.0 Å². The average molecular weight is 399 g/mol. The van der Waals surface area contributed by atoms with E-state index in [1.807, 2.05) is 37.3 Å². The molecule has 0 spiro atoms. The number of para-hydroxylation sites is 1. The van der Waals surface area contributed by atoms with E-state index in [1.54, 1.807) is 18.2 Å². The lowest BCUT2D eigenvalue weighted by atomic mass is 9.91. The quantitative estimate of drug-likeness (QED) is 0.631. The summed E-state index contributed by atoms with van der Waals surface area (Å²) in [5, 5.41) is 3.10. The third-order valence-corrected chi connectivity index (χ3v) is 4.97. The molecule has 0 bridgehead atoms. The summed E-state index contributed by atoms with van der Waals surface area (Å²) in [5.74, 6) is 1.87. The van der Waals surface area contributed by atoms with Crippen LogP contribution in [-0.4, -0.2) is 37.8 Å². The molecule has 1 saturated carbocycles. The van der Waals surface area contributed by atoms with E-state index < -0.39 is 0 Å². The van der Waals surface area contributed by atoms with Crippen molar-refractivity contribution in [2.24, 2.45) is 5.73 Å². The molecule has 1 amide bonds. The largest absolute Gasteiger partial charge is 0.490 e. The van der Waals surface area contributed by atoms with Crippen LogP contribution < -0.4 is 25.3 Å². The van der Waals surface area contributed by atoms with Crippen LogP contribution in [-0.2, 0) is 0 Å². The molecule has 1 fully saturated rings. The van der Waals surface area contributed by atoms with Gasteiger partial charge in [0.1, 0.15) is 19.0 Å². The Bertz CT molecular complexity index is 774. The molecule has 6 nitrogen and oxygen atoms in total. The van der Waals surface area contributed by atoms with Crippen molar-refractivity contribution in [2.75, 3.05) is 19.8 Å². The summed E-state index contributed by atoms with van der Waals surface area (Å²) < 4.78 is 17.1. The second-order valence-corrected chi connectivity index (χ2v) is 7.19. The van der Waals surface area contributed by atoms with Gasteiger partial charge >= 0.3 is 0 Å². The van der Waals surface area contributed by atoms with Crippen molar-refractivity contribution in [2.45, 2.75) is 44.7 Å². The lowest BCUT2D eigenvalue weighted by molar-refractivity contribution is 0.0925. The molecule has 2 aromatic carbocycles. The summed E-state index contributed by atoms with van der Waals surface area (Å²) >= 11 is 0. The number of amides is 1. The first-order valence-corrected chi connectivity index (χ1v) is 10.3. The number of carbonyl (C=O) groups excluding carboxylic acids is 1. The minimum atomic E-state index is -0.0922. The number of benzene rings is 2. The highest BCUT2D eigenvalue weighted by Crippen LogP contribution is 2.29. The topological polar surface area (TPSA) is 82.8 Å². The lowest BCUT2D eigenvalue weighted by Crippen LogP contribution is -2.40. The summed E-state index contributed by atoms with van der Waals surface area (Å²) in [6.45, 7) is 3.19. The molecular weight excluding hydrogens is 368 g/mol. The fourth-order valence-electron chi connectivity index (χ4n) is 3.40. The number of nitrogens with one attached hydrogen (secondary N) is 1. The normalized spacial score (nSPS) is 18.7. The highest BCUT2D eigenvalue weighted by Gasteiger charge is 2.21. The third-order valence-electron chi connectivity index (χ3n) is 4.97. The number of carbonyl (C=O) groups is 1. The Balaban J connectivity index is 1.55. The predicted molar refractivity (Wildman–Crippen MR) is 113 cm³/mol. The molecule has 6 heteroatoms. The smallest absolute Gasteiger partial charge is 0.251 e. The van der Waals surface area contributed by atoms with Gasteiger partial charge in [-0.3, -0.25) is 4.79 Å². The third kappa shape index (κ3) is 6.39. The Labute approximate surface area is 172 Å². The summed E-state index contributed by atoms with van der Waals surface area (Å²) in [4.78, 5) is 12.6. The fourth-order valence-corrected chi connectivity index (χ4v) is 3.40. The molecule has 3 N–H and O–H groups in total. The molecule has 29 heavy (non-hydrogen) atoms. The Morgan fingerprint density at radius 1 is 0.966 bits per heavy atom. The zero-order valence-corrected chi connectivity index (χ0v) is 16.9. The molecule has 0 atom stereocenters. The minimum Gasteiger partial charge on any atom is -0.490 e. The molecular formula is C23H30N2O4. The van der Waals surface area contributed by atoms with E-state index in [0.717, 1.165) is 31.4 Å². The Morgan fingerprint density at radius 3 is 2.41 bits per heavy atom. The number of nitrogens with two attached hydrogens (primary N) is 1. The highest BCUT2D eigenvalue weighted by molar-refractivity contribution is 5.95. The Morgan fingerprint density at radius 2 is 1.69 bits per heavy atom. The highest BCUT2D eigenvalue weighted by atomic mass is 16.5. The van der Waals surface area contributed by atoms with Gasteiger partial charge in [0.15, 0.2) is 11.5 Å². The van der Waals surface area contributed by atoms with Crippen molar-refractivity contribution in [3.8, 4) is 17.2 Å². The van der Waals surface area contributed by atoms with Crippen LogP contribution in [0.15, 0.2) is 48.5 Å². The molecule has 0 radical (unpaired) electrons. The van der Waals surface area contributed by atoms with Gasteiger partial charge in [-0.05, 0) is 62.9 Å². The van der Waals surface area contributed by atoms with Gasteiger partial charge in [-0.25, -0.2) is 0 Å². The zero-order valence-electron chi connectivity index (χ0n) is 16.9. The maximum absolute atomic E-state index is 12.6. The van der Waals surface area contributed by atoms with E-state index in [4.69, 9.17) is 19.9 Å². The van der Waals surface area contributed by atoms with Gasteiger partial charge in [0.05, 0.1) is 6.61 Å². The second-order valence-electron chi connectivity index (χ2n) is 7.19. The summed E-state index contributed by atoms with van der Waals surface area (Å²) in [6.07, 6.45) is 3.75. The molecule has 1 aliphatic carbocycles. The van der Waals surface area contributed by atoms with Crippen molar-refractivity contribution in [1.29, 1.82) is 0 Å². The van der Waals surface area contributed by atoms with E-state index in [9.17, 15) is 4.79 Å². The van der Waals surface area contributed by atoms with Crippen molar-refractivity contribution < 1.29 is 19.0 Å². The van der Waals surface area contributed by atoms with Gasteiger partial charge in [-0.1, -0.05) is 18.2 Å². The van der Waals surface area contributed by atoms with Crippen LogP contribution in [0.5, 0.6) is 17.2 Å².